The van der Waals surface area contributed by atoms with Gasteiger partial charge in [0.05, 0.1) is 5.52 Å². The van der Waals surface area contributed by atoms with Crippen molar-refractivity contribution in [1.29, 1.82) is 0 Å². The van der Waals surface area contributed by atoms with Crippen molar-refractivity contribution in [1.82, 2.24) is 4.98 Å². The smallest absolute Gasteiger partial charge is 0.0623 e. The minimum atomic E-state index is -1.89. The summed E-state index contributed by atoms with van der Waals surface area (Å²) in [6.45, 7) is 47.9. The Balaban J connectivity index is 0.000000947. The number of Topliss-reactive ketones (excluding diaryl/α,β-unsaturated/α-hetero) is 1. The number of aromatic nitrogens is 1. The van der Waals surface area contributed by atoms with Gasteiger partial charge in [-0.1, -0.05) is 191 Å². The number of hydrogen-bond acceptors (Lipinski definition) is 6. The number of fused-ring (bicyclic) bond motifs is 1. The number of carbonyl (C=O) groups is 1. The fourth-order valence-electron chi connectivity index (χ4n) is 6.36. The number of pyridine rings is 1. The second-order valence-corrected chi connectivity index (χ2v) is 23.4. The third kappa shape index (κ3) is 17.4. The van der Waals surface area contributed by atoms with Gasteiger partial charge in [0.1, 0.15) is 23.0 Å². The summed E-state index contributed by atoms with van der Waals surface area (Å²) in [5.41, 5.74) is 7.40. The van der Waals surface area contributed by atoms with E-state index in [0.29, 0.717) is 5.52 Å². The molecule has 0 unspecified atom stereocenters. The molecule has 0 bridgehead atoms. The maximum atomic E-state index is 11.1. The second-order valence-electron chi connectivity index (χ2n) is 22.4. The van der Waals surface area contributed by atoms with E-state index in [-0.39, 0.29) is 63.5 Å². The number of ketones is 1. The van der Waals surface area contributed by atoms with E-state index >= 15 is 0 Å². The summed E-state index contributed by atoms with van der Waals surface area (Å²) in [5.74, 6) is 2.53. The maximum absolute atomic E-state index is 11.1. The fraction of sp³-hybridized carbons (Fsp3) is 0.473. The van der Waals surface area contributed by atoms with Crippen molar-refractivity contribution in [3.05, 3.63) is 131 Å². The quantitative estimate of drug-likeness (QED) is 0.0727. The fourth-order valence-corrected chi connectivity index (χ4v) is 7.43. The first-order valence-electron chi connectivity index (χ1n) is 21.7. The van der Waals surface area contributed by atoms with E-state index in [4.69, 9.17) is 18.2 Å². The standard InChI is InChI=1S/C42H63O3P.C9H7NO.C3H6O.CO.Rh/c1-37(2,3)28-19-22-34(31(25-28)40(10,11)12)43-46(44-35-23-20-29(38(4,5)6)26-32(35)41(13,14)15)45-36-24-21-30(39(7,8)9)27-33(36)42(16,17)18;11-8-5-1-3-7-4-2-6-10-9(7)8;1-3(2)4;1-2;/h19-27H,1-18H3;1-6,11H;1-2H3;;/p-1. The van der Waals surface area contributed by atoms with E-state index < -0.39 is 8.60 Å². The van der Waals surface area contributed by atoms with Crippen molar-refractivity contribution in [2.24, 2.45) is 0 Å². The Hall–Kier alpha value is -4.05. The van der Waals surface area contributed by atoms with E-state index in [2.05, 4.69) is 191 Å². The number of hydrogen-bond donors (Lipinski definition) is 0. The van der Waals surface area contributed by atoms with Crippen LogP contribution >= 0.6 is 8.60 Å². The minimum Gasteiger partial charge on any atom is -0.871 e. The van der Waals surface area contributed by atoms with Gasteiger partial charge in [0, 0.05) is 42.4 Å². The molecule has 0 saturated carbocycles. The van der Waals surface area contributed by atoms with Crippen molar-refractivity contribution in [3.8, 4) is 23.0 Å². The van der Waals surface area contributed by atoms with E-state index in [0.717, 1.165) is 39.3 Å². The average molecular weight is 980 g/mol. The molecule has 0 saturated heterocycles. The first-order chi connectivity index (χ1) is 28.7. The Labute approximate surface area is 401 Å². The largest absolute Gasteiger partial charge is 0.871 e. The molecule has 0 atom stereocenters. The number of rotatable bonds is 6. The topological polar surface area (TPSA) is 101 Å². The van der Waals surface area contributed by atoms with Crippen LogP contribution in [0.4, 0.5) is 0 Å². The van der Waals surface area contributed by atoms with E-state index in [1.807, 2.05) is 18.2 Å². The number of nitrogens with zero attached hydrogens (tertiary/aromatic N) is 1. The van der Waals surface area contributed by atoms with Crippen molar-refractivity contribution in [2.45, 2.75) is 171 Å². The molecule has 0 spiro atoms. The molecule has 0 amide bonds. The summed E-state index contributed by atoms with van der Waals surface area (Å²) in [4.78, 5) is 13.4. The molecule has 1 aromatic heterocycles. The summed E-state index contributed by atoms with van der Waals surface area (Å²) in [6.07, 6.45) is 1.63. The first-order valence-corrected chi connectivity index (χ1v) is 22.8. The van der Waals surface area contributed by atoms with Crippen LogP contribution in [-0.4, -0.2) is 10.8 Å². The Bertz CT molecular complexity index is 2120. The number of para-hydroxylation sites is 1. The van der Waals surface area contributed by atoms with Crippen LogP contribution in [0.1, 0.15) is 172 Å². The van der Waals surface area contributed by atoms with Gasteiger partial charge in [-0.15, -0.1) is 0 Å². The van der Waals surface area contributed by atoms with Crippen molar-refractivity contribution >= 4 is 25.3 Å². The van der Waals surface area contributed by atoms with Crippen LogP contribution in [0.2, 0.25) is 0 Å². The molecule has 1 heterocycles. The molecule has 0 aliphatic carbocycles. The predicted molar refractivity (Wildman–Crippen MR) is 262 cm³/mol. The van der Waals surface area contributed by atoms with E-state index in [9.17, 15) is 9.90 Å². The van der Waals surface area contributed by atoms with Crippen molar-refractivity contribution < 1.29 is 47.6 Å². The molecule has 0 aliphatic rings. The van der Waals surface area contributed by atoms with Crippen molar-refractivity contribution in [2.75, 3.05) is 0 Å². The van der Waals surface area contributed by atoms with Crippen LogP contribution in [0.25, 0.3) is 10.9 Å². The van der Waals surface area contributed by atoms with Gasteiger partial charge in [-0.25, -0.2) is 0 Å². The Kier molecular flexibility index (Phi) is 20.8. The van der Waals surface area contributed by atoms with Crippen LogP contribution in [0.5, 0.6) is 23.0 Å². The Morgan fingerprint density at radius 1 is 0.516 bits per heavy atom. The van der Waals surface area contributed by atoms with Gasteiger partial charge in [-0.2, -0.15) is 0 Å². The molecule has 64 heavy (non-hydrogen) atoms. The summed E-state index contributed by atoms with van der Waals surface area (Å²) in [7, 11) is -1.89. The van der Waals surface area contributed by atoms with E-state index in [1.165, 1.54) is 36.6 Å². The molecule has 4 aromatic carbocycles. The summed E-state index contributed by atoms with van der Waals surface area (Å²) in [5, 5.41) is 12.0. The monoisotopic (exact) mass is 979 g/mol. The van der Waals surface area contributed by atoms with Gasteiger partial charge in [0.15, 0.2) is 0 Å². The first kappa shape index (κ1) is 58.0. The molecule has 0 fully saturated rings. The Morgan fingerprint density at radius 3 is 1.08 bits per heavy atom. The summed E-state index contributed by atoms with van der Waals surface area (Å²) in [6, 6.07) is 28.6. The Morgan fingerprint density at radius 2 is 0.812 bits per heavy atom. The average Bonchev–Trinajstić information content (AvgIpc) is 3.14. The molecule has 7 nitrogen and oxygen atoms in total. The SMILES string of the molecule is CC(C)(C)c1ccc(OP(Oc2ccc(C(C)(C)C)cc2C(C)(C)C)Oc2ccc(C(C)(C)C)cc2C(C)(C)C)c(C(C)(C)C)c1.CC(C)=O.[C-]#[O+].[O-]c1cccc2cccnc12.[Rh]. The molecule has 351 valence electrons. The molecule has 5 rings (SSSR count). The summed E-state index contributed by atoms with van der Waals surface area (Å²) < 4.78 is 28.2. The van der Waals surface area contributed by atoms with Crippen LogP contribution in [0.3, 0.4) is 0 Å². The predicted octanol–water partition coefficient (Wildman–Crippen LogP) is 15.1. The van der Waals surface area contributed by atoms with Crippen LogP contribution in [0, 0.1) is 6.65 Å². The molecular weight excluding hydrogens is 904 g/mol. The summed E-state index contributed by atoms with van der Waals surface area (Å²) >= 11 is 0. The van der Waals surface area contributed by atoms with Gasteiger partial charge in [0.25, 0.3) is 0 Å². The number of benzene rings is 4. The number of carbonyl (C=O) groups excluding carboxylic acids is 1. The van der Waals surface area contributed by atoms with Crippen LogP contribution in [-0.2, 0) is 61.4 Å². The third-order valence-electron chi connectivity index (χ3n) is 10.1. The van der Waals surface area contributed by atoms with E-state index in [1.54, 1.807) is 12.3 Å². The maximum Gasteiger partial charge on any atom is 0.0623 e. The van der Waals surface area contributed by atoms with Gasteiger partial charge in [-0.3, -0.25) is 4.98 Å². The van der Waals surface area contributed by atoms with Crippen LogP contribution < -0.4 is 18.7 Å². The zero-order chi connectivity index (χ0) is 48.5. The molecule has 0 aliphatic heterocycles. The van der Waals surface area contributed by atoms with Gasteiger partial charge < -0.3 is 23.5 Å². The molecular formula is C55H75NO6PRh-. The molecule has 0 N–H and O–H groups in total. The second kappa shape index (κ2) is 22.9. The van der Waals surface area contributed by atoms with Crippen molar-refractivity contribution in [3.63, 3.8) is 0 Å². The van der Waals surface area contributed by atoms with Gasteiger partial charge >= 0.3 is 19.9 Å². The molecule has 1 radical (unpaired) electrons. The normalized spacial score (nSPS) is 12.0. The molecule has 9 heteroatoms. The zero-order valence-electron chi connectivity index (χ0n) is 42.3. The zero-order valence-corrected chi connectivity index (χ0v) is 44.9. The minimum absolute atomic E-state index is 0. The molecule has 5 aromatic rings. The van der Waals surface area contributed by atoms with Gasteiger partial charge in [0.2, 0.25) is 0 Å². The third-order valence-corrected chi connectivity index (χ3v) is 11.1. The van der Waals surface area contributed by atoms with Gasteiger partial charge in [-0.05, 0) is 92.7 Å². The van der Waals surface area contributed by atoms with Crippen LogP contribution in [0.15, 0.2) is 91.1 Å².